The van der Waals surface area contributed by atoms with Gasteiger partial charge < -0.3 is 129 Å². The molecule has 38 nitrogen and oxygen atoms in total. The van der Waals surface area contributed by atoms with Crippen molar-refractivity contribution in [1.82, 2.24) is 59.8 Å². The van der Waals surface area contributed by atoms with Crippen LogP contribution in [0.25, 0.3) is 68.3 Å². The van der Waals surface area contributed by atoms with E-state index in [1.54, 1.807) is 74.4 Å². The van der Waals surface area contributed by atoms with Crippen molar-refractivity contribution in [2.45, 2.75) is 0 Å². The van der Waals surface area contributed by atoms with E-state index in [2.05, 4.69) is 59.8 Å². The minimum Gasteiger partial charge on any atom is -0.543 e. The maximum absolute atomic E-state index is 8.93. The molecule has 0 aliphatic heterocycles. The number of rotatable bonds is 6. The Hall–Kier alpha value is -13.0. The average Bonchev–Trinajstić information content (AvgIpc) is 0.931. The number of hydrogen-bond acceptors (Lipinski definition) is 27. The molecule has 20 N–H and O–H groups in total. The standard InChI is InChI=1S/6C10H8N2.3C2H2O4.2Cu.Fe.NO3.10H2O/c6*1-3-7-11-9(5-1)10-6-2-4-8-12-10;3*3-1(4)2(5)6;;;;2-1(3)4;;;;;;;;;;/h6*1-8H;3*(H,3,4)(H,5,6);;;;;10*1H2/q;;;;;;;;;2*+2;+3;-1;;;;;;;;;;/p-6. The summed E-state index contributed by atoms with van der Waals surface area (Å²) in [7, 11) is 0. The van der Waals surface area contributed by atoms with Crippen LogP contribution in [0.15, 0.2) is 293 Å². The molecule has 0 bridgehead atoms. The van der Waals surface area contributed by atoms with Crippen LogP contribution in [0.1, 0.15) is 0 Å². The van der Waals surface area contributed by atoms with Gasteiger partial charge in [-0.2, -0.15) is 0 Å². The summed E-state index contributed by atoms with van der Waals surface area (Å²) in [5, 5.41) is 68.3. The van der Waals surface area contributed by atoms with Crippen molar-refractivity contribution < 1.29 is 170 Å². The summed E-state index contributed by atoms with van der Waals surface area (Å²) in [5.74, 6) is -13.1. The number of carbonyl (C=O) groups is 6. The van der Waals surface area contributed by atoms with E-state index in [9.17, 15) is 0 Å². The smallest absolute Gasteiger partial charge is 0.543 e. The minimum atomic E-state index is -2.19. The van der Waals surface area contributed by atoms with E-state index in [1.165, 1.54) is 0 Å². The van der Waals surface area contributed by atoms with Crippen molar-refractivity contribution in [3.63, 3.8) is 0 Å². The van der Waals surface area contributed by atoms with Gasteiger partial charge in [-0.25, -0.2) is 0 Å². The molecule has 41 heteroatoms. The molecule has 0 aromatic carbocycles. The first-order valence-electron chi connectivity index (χ1n) is 26.5. The molecule has 12 aromatic heterocycles. The molecule has 0 atom stereocenters. The maximum Gasteiger partial charge on any atom is 3.00 e. The van der Waals surface area contributed by atoms with E-state index in [0.717, 1.165) is 68.3 Å². The molecule has 0 saturated heterocycles. The zero-order valence-electron chi connectivity index (χ0n) is 54.6. The first-order chi connectivity index (χ1) is 45.5. The second kappa shape index (κ2) is 72.8. The quantitative estimate of drug-likeness (QED) is 0.0647. The predicted octanol–water partition coefficient (Wildman–Crippen LogP) is -6.17. The second-order valence-electron chi connectivity index (χ2n) is 16.5. The molecule has 3 radical (unpaired) electrons. The Kier molecular flexibility index (Phi) is 80.2. The number of carbonyl (C=O) groups excluding carboxylic acids is 6. The molecule has 107 heavy (non-hydrogen) atoms. The van der Waals surface area contributed by atoms with E-state index in [-0.39, 0.29) is 106 Å². The normalized spacial score (nSPS) is 7.96. The fourth-order valence-electron chi connectivity index (χ4n) is 6.17. The van der Waals surface area contributed by atoms with Crippen molar-refractivity contribution >= 4 is 35.8 Å². The molecule has 0 unspecified atom stereocenters. The summed E-state index contributed by atoms with van der Waals surface area (Å²) < 4.78 is 0. The van der Waals surface area contributed by atoms with Crippen LogP contribution in [0.5, 0.6) is 0 Å². The molecule has 0 aliphatic rings. The van der Waals surface area contributed by atoms with Crippen LogP contribution < -0.4 is 30.6 Å². The zero-order chi connectivity index (χ0) is 68.4. The van der Waals surface area contributed by atoms with Crippen molar-refractivity contribution in [2.24, 2.45) is 0 Å². The molecule has 12 aromatic rings. The van der Waals surface area contributed by atoms with Gasteiger partial charge in [0, 0.05) is 74.4 Å². The number of nitrogens with zero attached hydrogens (tertiary/aromatic N) is 13. The van der Waals surface area contributed by atoms with Crippen LogP contribution in [0.3, 0.4) is 0 Å². The van der Waals surface area contributed by atoms with Crippen LogP contribution in [0.4, 0.5) is 0 Å². The number of carboxylic acids is 6. The molecule has 577 valence electrons. The van der Waals surface area contributed by atoms with Crippen molar-refractivity contribution in [2.75, 3.05) is 0 Å². The van der Waals surface area contributed by atoms with Crippen molar-refractivity contribution in [1.29, 1.82) is 0 Å². The number of carboxylic acid groups (broad SMARTS) is 6. The van der Waals surface area contributed by atoms with Crippen LogP contribution in [-0.4, -0.2) is 155 Å². The first-order valence-corrected chi connectivity index (χ1v) is 26.5. The third kappa shape index (κ3) is 54.4. The fraction of sp³-hybridized carbons (Fsp3) is 0. The average molecular weight is 1630 g/mol. The van der Waals surface area contributed by atoms with Gasteiger partial charge in [-0.15, -0.1) is 0 Å². The number of aromatic nitrogens is 12. The van der Waals surface area contributed by atoms with Gasteiger partial charge in [0.05, 0.1) is 109 Å². The molecule has 0 saturated carbocycles. The van der Waals surface area contributed by atoms with E-state index in [4.69, 9.17) is 74.7 Å². The molecular weight excluding hydrogens is 1560 g/mol. The van der Waals surface area contributed by atoms with E-state index in [0.29, 0.717) is 0 Å². The number of hydrogen-bond donors (Lipinski definition) is 0. The summed E-state index contributed by atoms with van der Waals surface area (Å²) in [6.07, 6.45) is 21.2. The molecular formula is C66H68Cu2FeN13O25. The maximum atomic E-state index is 8.93. The van der Waals surface area contributed by atoms with Gasteiger partial charge in [0.25, 0.3) is 0 Å². The molecule has 12 heterocycles. The topological polar surface area (TPSA) is 777 Å². The first kappa shape index (κ1) is 118. The molecule has 0 spiro atoms. The summed E-state index contributed by atoms with van der Waals surface area (Å²) >= 11 is 0. The predicted molar refractivity (Wildman–Crippen MR) is 361 cm³/mol. The third-order valence-corrected chi connectivity index (χ3v) is 10.1. The Bertz CT molecular complexity index is 3190. The largest absolute Gasteiger partial charge is 3.00 e. The monoisotopic (exact) mass is 1620 g/mol. The van der Waals surface area contributed by atoms with Gasteiger partial charge >= 0.3 is 51.2 Å². The van der Waals surface area contributed by atoms with Crippen LogP contribution in [0, 0.1) is 15.3 Å². The van der Waals surface area contributed by atoms with Crippen LogP contribution in [-0.2, 0) is 80.0 Å². The second-order valence-corrected chi connectivity index (χ2v) is 16.5. The molecule has 0 aliphatic carbocycles. The SMILES string of the molecule is O.O.O.O.O.O.O.O.O.O.O=C([O-])C(=O)[O-].O=C([O-])C(=O)[O-].O=C([O-])C(=O)[O-].O=[N+]([O-])[O-].[Cu+2].[Cu+2].[Fe+3].c1ccc(-c2ccccn2)nc1.c1ccc(-c2ccccn2)nc1.c1ccc(-c2ccccn2)nc1.c1ccc(-c2ccccn2)nc1.c1ccc(-c2ccccn2)nc1.c1ccc(-c2ccccn2)nc1. The van der Waals surface area contributed by atoms with Gasteiger partial charge in [0.2, 0.25) is 0 Å². The van der Waals surface area contributed by atoms with Gasteiger partial charge in [-0.05, 0) is 146 Å². The Morgan fingerprint density at radius 1 is 0.196 bits per heavy atom. The number of aliphatic carboxylic acids is 6. The van der Waals surface area contributed by atoms with E-state index >= 15 is 0 Å². The summed E-state index contributed by atoms with van der Waals surface area (Å²) in [4.78, 5) is 112. The van der Waals surface area contributed by atoms with Crippen LogP contribution >= 0.6 is 0 Å². The Morgan fingerprint density at radius 2 is 0.262 bits per heavy atom. The Labute approximate surface area is 639 Å². The van der Waals surface area contributed by atoms with Gasteiger partial charge in [0.15, 0.2) is 0 Å². The summed E-state index contributed by atoms with van der Waals surface area (Å²) in [6.45, 7) is 0. The molecule has 0 amide bonds. The molecule has 12 rings (SSSR count). The van der Waals surface area contributed by atoms with Gasteiger partial charge in [-0.1, -0.05) is 72.8 Å². The third-order valence-electron chi connectivity index (χ3n) is 10.1. The zero-order valence-corrected chi connectivity index (χ0v) is 57.6. The summed E-state index contributed by atoms with van der Waals surface area (Å²) in [6, 6.07) is 69.6. The van der Waals surface area contributed by atoms with Gasteiger partial charge in [0.1, 0.15) is 0 Å². The van der Waals surface area contributed by atoms with Crippen LogP contribution in [0.2, 0.25) is 0 Å². The van der Waals surface area contributed by atoms with E-state index in [1.807, 2.05) is 218 Å². The Balaban J connectivity index is -0.000000107. The van der Waals surface area contributed by atoms with E-state index < -0.39 is 40.9 Å². The minimum absolute atomic E-state index is 0. The van der Waals surface area contributed by atoms with Crippen molar-refractivity contribution in [3.05, 3.63) is 308 Å². The van der Waals surface area contributed by atoms with Crippen molar-refractivity contribution in [3.8, 4) is 68.3 Å². The molecule has 0 fully saturated rings. The summed E-state index contributed by atoms with van der Waals surface area (Å²) in [5.41, 5.74) is 11.0. The number of pyridine rings is 12. The Morgan fingerprint density at radius 3 is 0.299 bits per heavy atom. The fourth-order valence-corrected chi connectivity index (χ4v) is 6.17. The van der Waals surface area contributed by atoms with Gasteiger partial charge in [-0.3, -0.25) is 59.8 Å².